The topological polar surface area (TPSA) is 177 Å². The zero-order valence-electron chi connectivity index (χ0n) is 20.8. The number of nitrogens with one attached hydrogen (secondary N) is 2. The average molecular weight is 536 g/mol. The maximum Gasteiger partial charge on any atom is 0.413 e. The molecule has 0 aliphatic rings. The summed E-state index contributed by atoms with van der Waals surface area (Å²) in [6.45, 7) is 3.38. The van der Waals surface area contributed by atoms with Crippen LogP contribution < -0.4 is 21.1 Å². The third-order valence-corrected chi connectivity index (χ3v) is 7.34. The van der Waals surface area contributed by atoms with Crippen LogP contribution in [0.3, 0.4) is 0 Å². The van der Waals surface area contributed by atoms with Crippen LogP contribution >= 0.6 is 7.60 Å². The number of carboxylic acid groups (broad SMARTS) is 1. The van der Waals surface area contributed by atoms with E-state index in [2.05, 4.69) is 10.6 Å². The second-order valence-electron chi connectivity index (χ2n) is 8.70. The first-order valence-electron chi connectivity index (χ1n) is 11.8. The minimum atomic E-state index is -4.62. The van der Waals surface area contributed by atoms with Gasteiger partial charge in [-0.3, -0.25) is 13.9 Å². The predicted octanol–water partition coefficient (Wildman–Crippen LogP) is 3.40. The van der Waals surface area contributed by atoms with Crippen molar-refractivity contribution < 1.29 is 38.2 Å². The second kappa shape index (κ2) is 14.5. The Labute approximate surface area is 215 Å². The molecule has 0 heterocycles. The number of para-hydroxylation sites is 1. The van der Waals surface area contributed by atoms with Crippen molar-refractivity contribution in [2.75, 3.05) is 6.54 Å². The third kappa shape index (κ3) is 9.97. The van der Waals surface area contributed by atoms with Crippen LogP contribution in [-0.2, 0) is 18.7 Å². The number of ether oxygens (including phenoxy) is 1. The van der Waals surface area contributed by atoms with Gasteiger partial charge in [0.05, 0.1) is 12.5 Å². The summed E-state index contributed by atoms with van der Waals surface area (Å²) in [5, 5.41) is 14.5. The standard InChI is InChI=1S/C25H34N3O8P/c1-17(2)23(37(33,34)36-21(24(30)31)14-9-15-26)28-22(29)16-20(18-10-5-3-6-11-18)27-25(32)35-19-12-7-4-8-13-19/h3-8,10-13,17,20-21,23H,9,14-16,26H2,1-2H3,(H,27,32)(H,28,29)(H,30,31)(H,33,34). The molecule has 2 aromatic carbocycles. The van der Waals surface area contributed by atoms with Gasteiger partial charge in [0.25, 0.3) is 0 Å². The van der Waals surface area contributed by atoms with Crippen molar-refractivity contribution in [1.82, 2.24) is 10.6 Å². The molecule has 2 aromatic rings. The summed E-state index contributed by atoms with van der Waals surface area (Å²) in [6.07, 6.45) is -2.40. The molecule has 2 rings (SSSR count). The Morgan fingerprint density at radius 2 is 1.59 bits per heavy atom. The number of hydrogen-bond acceptors (Lipinski definition) is 7. The largest absolute Gasteiger partial charge is 0.479 e. The Morgan fingerprint density at radius 3 is 2.14 bits per heavy atom. The molecule has 2 amide bonds. The summed E-state index contributed by atoms with van der Waals surface area (Å²) in [4.78, 5) is 47.6. The van der Waals surface area contributed by atoms with E-state index in [1.165, 1.54) is 0 Å². The Morgan fingerprint density at radius 1 is 1.00 bits per heavy atom. The zero-order chi connectivity index (χ0) is 27.4. The molecule has 0 bridgehead atoms. The fraction of sp³-hybridized carbons (Fsp3) is 0.400. The van der Waals surface area contributed by atoms with Crippen molar-refractivity contribution in [2.24, 2.45) is 11.7 Å². The number of hydrogen-bond donors (Lipinski definition) is 5. The zero-order valence-corrected chi connectivity index (χ0v) is 21.7. The van der Waals surface area contributed by atoms with Crippen molar-refractivity contribution in [2.45, 2.75) is 51.0 Å². The maximum absolute atomic E-state index is 13.0. The number of carboxylic acids is 1. The summed E-state index contributed by atoms with van der Waals surface area (Å²) in [5.74, 6) is -3.69. The molecule has 0 spiro atoms. The maximum atomic E-state index is 13.0. The number of rotatable bonds is 14. The molecule has 12 heteroatoms. The molecule has 0 saturated heterocycles. The molecule has 4 atom stereocenters. The Hall–Kier alpha value is -3.24. The molecule has 0 radical (unpaired) electrons. The Kier molecular flexibility index (Phi) is 11.7. The van der Waals surface area contributed by atoms with Gasteiger partial charge < -0.3 is 31.1 Å². The van der Waals surface area contributed by atoms with Crippen molar-refractivity contribution in [3.05, 3.63) is 66.2 Å². The number of aliphatic carboxylic acids is 1. The smallest absolute Gasteiger partial charge is 0.413 e. The van der Waals surface area contributed by atoms with E-state index >= 15 is 0 Å². The van der Waals surface area contributed by atoms with Gasteiger partial charge in [0.1, 0.15) is 11.5 Å². The van der Waals surface area contributed by atoms with Gasteiger partial charge in [-0.2, -0.15) is 0 Å². The molecular formula is C25H34N3O8P. The minimum Gasteiger partial charge on any atom is -0.479 e. The van der Waals surface area contributed by atoms with Gasteiger partial charge in [-0.25, -0.2) is 9.59 Å². The van der Waals surface area contributed by atoms with E-state index in [-0.39, 0.29) is 25.8 Å². The minimum absolute atomic E-state index is 0.0569. The van der Waals surface area contributed by atoms with Gasteiger partial charge in [-0.15, -0.1) is 0 Å². The molecule has 0 aromatic heterocycles. The lowest BCUT2D eigenvalue weighted by Gasteiger charge is -2.29. The predicted molar refractivity (Wildman–Crippen MR) is 137 cm³/mol. The second-order valence-corrected chi connectivity index (χ2v) is 10.6. The Bertz CT molecular complexity index is 1070. The van der Waals surface area contributed by atoms with Gasteiger partial charge >= 0.3 is 19.7 Å². The van der Waals surface area contributed by atoms with Crippen LogP contribution in [0, 0.1) is 5.92 Å². The fourth-order valence-electron chi connectivity index (χ4n) is 3.51. The van der Waals surface area contributed by atoms with Gasteiger partial charge in [0.15, 0.2) is 6.10 Å². The van der Waals surface area contributed by atoms with Crippen molar-refractivity contribution >= 4 is 25.6 Å². The number of carbonyl (C=O) groups excluding carboxylic acids is 2. The molecule has 11 nitrogen and oxygen atoms in total. The SMILES string of the molecule is CC(C)C(NC(=O)CC(NC(=O)Oc1ccccc1)c1ccccc1)P(=O)(O)OC(CCCN)C(=O)O. The highest BCUT2D eigenvalue weighted by atomic mass is 31.2. The lowest BCUT2D eigenvalue weighted by Crippen LogP contribution is -2.42. The molecule has 0 aliphatic carbocycles. The van der Waals surface area contributed by atoms with Crippen LogP contribution in [-0.4, -0.2) is 46.4 Å². The quantitative estimate of drug-likeness (QED) is 0.227. The van der Waals surface area contributed by atoms with Crippen molar-refractivity contribution in [3.8, 4) is 5.75 Å². The van der Waals surface area contributed by atoms with E-state index in [4.69, 9.17) is 15.0 Å². The van der Waals surface area contributed by atoms with Gasteiger partial charge in [-0.05, 0) is 43.0 Å². The number of benzene rings is 2. The van der Waals surface area contributed by atoms with Crippen LogP contribution in [0.2, 0.25) is 0 Å². The van der Waals surface area contributed by atoms with Gasteiger partial charge in [0, 0.05) is 0 Å². The Balaban J connectivity index is 2.15. The normalized spacial score (nSPS) is 15.2. The van der Waals surface area contributed by atoms with Crippen LogP contribution in [0.1, 0.15) is 44.7 Å². The summed E-state index contributed by atoms with van der Waals surface area (Å²) in [5.41, 5.74) is 6.02. The highest BCUT2D eigenvalue weighted by Crippen LogP contribution is 2.50. The first-order chi connectivity index (χ1) is 17.5. The van der Waals surface area contributed by atoms with E-state index in [0.717, 1.165) is 0 Å². The number of nitrogens with two attached hydrogens (primary N) is 1. The number of carbonyl (C=O) groups is 3. The first-order valence-corrected chi connectivity index (χ1v) is 13.5. The van der Waals surface area contributed by atoms with E-state index in [0.29, 0.717) is 11.3 Å². The van der Waals surface area contributed by atoms with Crippen molar-refractivity contribution in [1.29, 1.82) is 0 Å². The third-order valence-electron chi connectivity index (χ3n) is 5.35. The van der Waals surface area contributed by atoms with Crippen LogP contribution in [0.15, 0.2) is 60.7 Å². The monoisotopic (exact) mass is 535 g/mol. The van der Waals surface area contributed by atoms with E-state index in [1.54, 1.807) is 74.5 Å². The highest BCUT2D eigenvalue weighted by molar-refractivity contribution is 7.53. The highest BCUT2D eigenvalue weighted by Gasteiger charge is 2.40. The molecule has 4 unspecified atom stereocenters. The summed E-state index contributed by atoms with van der Waals surface area (Å²) in [7, 11) is -4.62. The first kappa shape index (κ1) is 30.0. The average Bonchev–Trinajstić information content (AvgIpc) is 2.85. The van der Waals surface area contributed by atoms with Crippen LogP contribution in [0.4, 0.5) is 4.79 Å². The lowest BCUT2D eigenvalue weighted by atomic mass is 10.0. The van der Waals surface area contributed by atoms with Gasteiger partial charge in [-0.1, -0.05) is 62.4 Å². The van der Waals surface area contributed by atoms with Gasteiger partial charge in [0.2, 0.25) is 5.91 Å². The molecule has 37 heavy (non-hydrogen) atoms. The van der Waals surface area contributed by atoms with Crippen LogP contribution in [0.5, 0.6) is 5.75 Å². The molecule has 0 saturated carbocycles. The van der Waals surface area contributed by atoms with Crippen LogP contribution in [0.25, 0.3) is 0 Å². The molecule has 0 aliphatic heterocycles. The molecule has 6 N–H and O–H groups in total. The lowest BCUT2D eigenvalue weighted by molar-refractivity contribution is -0.145. The summed E-state index contributed by atoms with van der Waals surface area (Å²) >= 11 is 0. The van der Waals surface area contributed by atoms with E-state index in [1.807, 2.05) is 0 Å². The summed E-state index contributed by atoms with van der Waals surface area (Å²) < 4.78 is 23.4. The molecular weight excluding hydrogens is 501 g/mol. The van der Waals surface area contributed by atoms with E-state index in [9.17, 15) is 28.9 Å². The molecule has 202 valence electrons. The van der Waals surface area contributed by atoms with E-state index < -0.39 is 49.4 Å². The fourth-order valence-corrected chi connectivity index (χ4v) is 5.26. The number of amides is 2. The summed E-state index contributed by atoms with van der Waals surface area (Å²) in [6, 6.07) is 16.3. The molecule has 0 fully saturated rings. The van der Waals surface area contributed by atoms with Crippen molar-refractivity contribution in [3.63, 3.8) is 0 Å².